The molecule has 33 heavy (non-hydrogen) atoms. The molecule has 0 aliphatic carbocycles. The van der Waals surface area contributed by atoms with Crippen molar-refractivity contribution in [2.75, 3.05) is 31.4 Å². The molecule has 0 aromatic heterocycles. The smallest absolute Gasteiger partial charge is 0.330 e. The summed E-state index contributed by atoms with van der Waals surface area (Å²) in [6, 6.07) is 14.9. The van der Waals surface area contributed by atoms with Gasteiger partial charge >= 0.3 is 5.97 Å². The van der Waals surface area contributed by atoms with Gasteiger partial charge in [0.05, 0.1) is 7.11 Å². The summed E-state index contributed by atoms with van der Waals surface area (Å²) < 4.78 is 33.6. The molecule has 0 unspecified atom stereocenters. The molecule has 0 spiro atoms. The molecule has 170 valence electrons. The van der Waals surface area contributed by atoms with Gasteiger partial charge in [-0.3, -0.25) is 0 Å². The zero-order valence-corrected chi connectivity index (χ0v) is 18.7. The minimum absolute atomic E-state index is 0.222. The highest BCUT2D eigenvalue weighted by Crippen LogP contribution is 2.27. The fourth-order valence-corrected chi connectivity index (χ4v) is 3.44. The van der Waals surface area contributed by atoms with Crippen LogP contribution in [0.5, 0.6) is 0 Å². The van der Waals surface area contributed by atoms with Crippen molar-refractivity contribution in [3.05, 3.63) is 89.0 Å². The van der Waals surface area contributed by atoms with Crippen molar-refractivity contribution >= 4 is 29.6 Å². The molecular weight excluding hydrogens is 424 g/mol. The number of carbonyl (C=O) groups excluding carboxylic acids is 1. The van der Waals surface area contributed by atoms with Crippen LogP contribution in [0.15, 0.2) is 60.7 Å². The predicted molar refractivity (Wildman–Crippen MR) is 129 cm³/mol. The number of hydrogen-bond donors (Lipinski definition) is 2. The van der Waals surface area contributed by atoms with E-state index in [-0.39, 0.29) is 12.4 Å². The van der Waals surface area contributed by atoms with Gasteiger partial charge in [0.15, 0.2) is 0 Å². The van der Waals surface area contributed by atoms with E-state index in [0.717, 1.165) is 11.3 Å². The summed E-state index contributed by atoms with van der Waals surface area (Å²) in [6.07, 6.45) is 3.93. The van der Waals surface area contributed by atoms with E-state index in [1.807, 2.05) is 24.3 Å². The third-order valence-corrected chi connectivity index (χ3v) is 5.23. The minimum Gasteiger partial charge on any atom is -0.466 e. The number of halogens is 2. The first kappa shape index (κ1) is 23.7. The SMILES string of the molecule is CNc1ccc(-c2ccc(CN(C)c3cc(F)cc(/C=C/C(=O)OC)c3)c(F)c2)cc1C=N. The Hall–Kier alpha value is -4.00. The van der Waals surface area contributed by atoms with Gasteiger partial charge in [0.25, 0.3) is 0 Å². The number of esters is 1. The topological polar surface area (TPSA) is 65.4 Å². The lowest BCUT2D eigenvalue weighted by atomic mass is 10.0. The Morgan fingerprint density at radius 3 is 2.48 bits per heavy atom. The number of nitrogens with zero attached hydrogens (tertiary/aromatic N) is 1. The van der Waals surface area contributed by atoms with E-state index in [4.69, 9.17) is 5.41 Å². The molecule has 0 amide bonds. The minimum atomic E-state index is -0.537. The highest BCUT2D eigenvalue weighted by Gasteiger charge is 2.11. The molecule has 0 bridgehead atoms. The highest BCUT2D eigenvalue weighted by molar-refractivity contribution is 5.88. The molecule has 5 nitrogen and oxygen atoms in total. The van der Waals surface area contributed by atoms with Gasteiger partial charge < -0.3 is 20.4 Å². The molecule has 3 aromatic carbocycles. The maximum atomic E-state index is 14.9. The van der Waals surface area contributed by atoms with Crippen LogP contribution in [0, 0.1) is 17.0 Å². The Balaban J connectivity index is 1.82. The molecule has 0 aliphatic rings. The van der Waals surface area contributed by atoms with Crippen molar-refractivity contribution in [1.29, 1.82) is 5.41 Å². The molecule has 0 saturated heterocycles. The van der Waals surface area contributed by atoms with Crippen LogP contribution in [0.2, 0.25) is 0 Å². The summed E-state index contributed by atoms with van der Waals surface area (Å²) >= 11 is 0. The van der Waals surface area contributed by atoms with Crippen LogP contribution in [0.1, 0.15) is 16.7 Å². The summed E-state index contributed by atoms with van der Waals surface area (Å²) in [4.78, 5) is 13.0. The molecule has 0 saturated carbocycles. The second-order valence-electron chi connectivity index (χ2n) is 7.46. The molecule has 0 atom stereocenters. The van der Waals surface area contributed by atoms with Crippen molar-refractivity contribution in [2.45, 2.75) is 6.54 Å². The molecule has 3 aromatic rings. The third-order valence-electron chi connectivity index (χ3n) is 5.23. The number of anilines is 2. The van der Waals surface area contributed by atoms with Crippen LogP contribution in [0.25, 0.3) is 17.2 Å². The summed E-state index contributed by atoms with van der Waals surface area (Å²) in [5.41, 5.74) is 4.53. The van der Waals surface area contributed by atoms with E-state index in [2.05, 4.69) is 10.1 Å². The van der Waals surface area contributed by atoms with Crippen LogP contribution < -0.4 is 10.2 Å². The van der Waals surface area contributed by atoms with Crippen LogP contribution in [0.3, 0.4) is 0 Å². The lowest BCUT2D eigenvalue weighted by Gasteiger charge is -2.21. The highest BCUT2D eigenvalue weighted by atomic mass is 19.1. The number of benzene rings is 3. The van der Waals surface area contributed by atoms with Gasteiger partial charge in [0, 0.05) is 55.4 Å². The Kier molecular flexibility index (Phi) is 7.56. The second kappa shape index (κ2) is 10.5. The normalized spacial score (nSPS) is 10.8. The first-order valence-corrected chi connectivity index (χ1v) is 10.2. The Labute approximate surface area is 191 Å². The number of hydrogen-bond acceptors (Lipinski definition) is 5. The first-order chi connectivity index (χ1) is 15.8. The van der Waals surface area contributed by atoms with Crippen LogP contribution in [-0.2, 0) is 16.1 Å². The van der Waals surface area contributed by atoms with Gasteiger partial charge in [0.1, 0.15) is 11.6 Å². The summed E-state index contributed by atoms with van der Waals surface area (Å²) in [5, 5.41) is 10.6. The standard InChI is InChI=1S/C26H25F2N3O2/c1-30-25-8-7-18(12-21(25)15-29)19-5-6-20(24(28)13-19)16-31(2)23-11-17(10-22(27)14-23)4-9-26(32)33-3/h4-15,29-30H,16H2,1-3H3/b9-4+,29-15?. The van der Waals surface area contributed by atoms with Gasteiger partial charge in [-0.15, -0.1) is 0 Å². The van der Waals surface area contributed by atoms with Crippen LogP contribution in [0.4, 0.5) is 20.2 Å². The molecule has 3 rings (SSSR count). The summed E-state index contributed by atoms with van der Waals surface area (Å²) in [6.45, 7) is 0.222. The van der Waals surface area contributed by atoms with Gasteiger partial charge in [-0.25, -0.2) is 13.6 Å². The molecule has 2 N–H and O–H groups in total. The van der Waals surface area contributed by atoms with E-state index in [9.17, 15) is 13.6 Å². The quantitative estimate of drug-likeness (QED) is 0.271. The predicted octanol–water partition coefficient (Wildman–Crippen LogP) is 5.49. The largest absolute Gasteiger partial charge is 0.466 e. The average molecular weight is 450 g/mol. The number of nitrogens with one attached hydrogen (secondary N) is 2. The monoisotopic (exact) mass is 449 g/mol. The van der Waals surface area contributed by atoms with Gasteiger partial charge in [-0.1, -0.05) is 18.2 Å². The van der Waals surface area contributed by atoms with E-state index in [1.165, 1.54) is 43.7 Å². The maximum absolute atomic E-state index is 14.9. The zero-order chi connectivity index (χ0) is 24.0. The van der Waals surface area contributed by atoms with Crippen molar-refractivity contribution in [3.63, 3.8) is 0 Å². The Morgan fingerprint density at radius 1 is 1.09 bits per heavy atom. The summed E-state index contributed by atoms with van der Waals surface area (Å²) in [5.74, 6) is -1.38. The maximum Gasteiger partial charge on any atom is 0.330 e. The fraction of sp³-hybridized carbons (Fsp3) is 0.154. The molecular formula is C26H25F2N3O2. The number of carbonyl (C=O) groups is 1. The lowest BCUT2D eigenvalue weighted by Crippen LogP contribution is -2.17. The Bertz CT molecular complexity index is 1210. The Morgan fingerprint density at radius 2 is 1.82 bits per heavy atom. The number of rotatable bonds is 8. The van der Waals surface area contributed by atoms with Crippen molar-refractivity contribution in [3.8, 4) is 11.1 Å². The van der Waals surface area contributed by atoms with Crippen LogP contribution in [-0.4, -0.2) is 33.4 Å². The van der Waals surface area contributed by atoms with E-state index in [1.54, 1.807) is 31.1 Å². The number of methoxy groups -OCH3 is 1. The molecule has 0 fully saturated rings. The van der Waals surface area contributed by atoms with E-state index >= 15 is 0 Å². The molecule has 0 radical (unpaired) electrons. The molecule has 0 heterocycles. The van der Waals surface area contributed by atoms with Gasteiger partial charge in [-0.2, -0.15) is 0 Å². The third kappa shape index (κ3) is 5.83. The summed E-state index contributed by atoms with van der Waals surface area (Å²) in [7, 11) is 4.79. The van der Waals surface area contributed by atoms with Crippen LogP contribution >= 0.6 is 0 Å². The van der Waals surface area contributed by atoms with Gasteiger partial charge in [-0.05, 0) is 59.2 Å². The fourth-order valence-electron chi connectivity index (χ4n) is 3.44. The van der Waals surface area contributed by atoms with Gasteiger partial charge in [0.2, 0.25) is 0 Å². The van der Waals surface area contributed by atoms with Crippen molar-refractivity contribution in [2.24, 2.45) is 0 Å². The zero-order valence-electron chi connectivity index (χ0n) is 18.7. The van der Waals surface area contributed by atoms with E-state index in [0.29, 0.717) is 27.9 Å². The molecule has 0 aliphatic heterocycles. The first-order valence-electron chi connectivity index (χ1n) is 10.2. The average Bonchev–Trinajstić information content (AvgIpc) is 2.82. The molecule has 7 heteroatoms. The van der Waals surface area contributed by atoms with Crippen molar-refractivity contribution in [1.82, 2.24) is 0 Å². The number of ether oxygens (including phenoxy) is 1. The lowest BCUT2D eigenvalue weighted by molar-refractivity contribution is -0.134. The second-order valence-corrected chi connectivity index (χ2v) is 7.46. The van der Waals surface area contributed by atoms with E-state index < -0.39 is 11.8 Å². The van der Waals surface area contributed by atoms with Crippen molar-refractivity contribution < 1.29 is 18.3 Å².